The van der Waals surface area contributed by atoms with Gasteiger partial charge in [0.2, 0.25) is 0 Å². The molecule has 13 aromatic rings. The molecule has 12 aromatic carbocycles. The van der Waals surface area contributed by atoms with E-state index in [-0.39, 0.29) is 0 Å². The van der Waals surface area contributed by atoms with Crippen molar-refractivity contribution in [3.05, 3.63) is 243 Å². The summed E-state index contributed by atoms with van der Waals surface area (Å²) in [5.41, 5.74) is 14.1. The predicted molar refractivity (Wildman–Crippen MR) is 276 cm³/mol. The van der Waals surface area contributed by atoms with Crippen LogP contribution in [-0.2, 0) is 0 Å². The number of rotatable bonds is 6. The average Bonchev–Trinajstić information content (AvgIpc) is 3.77. The molecule has 2 heteroatoms. The Kier molecular flexibility index (Phi) is 8.57. The molecule has 0 radical (unpaired) electrons. The van der Waals surface area contributed by atoms with Gasteiger partial charge in [-0.3, -0.25) is 4.57 Å². The van der Waals surface area contributed by atoms with Crippen LogP contribution in [0.1, 0.15) is 0 Å². The fourth-order valence-electron chi connectivity index (χ4n) is 10.5. The molecule has 0 fully saturated rings. The maximum atomic E-state index is 5.22. The first-order valence-electron chi connectivity index (χ1n) is 22.4. The summed E-state index contributed by atoms with van der Waals surface area (Å²) in [6.07, 6.45) is 0. The van der Waals surface area contributed by atoms with Gasteiger partial charge < -0.3 is 0 Å². The SMILES string of the molecule is c1ccc(-c2c3ccccc3c(-c3ccc4cc(-c5c6ccccc6c(-c6cccc(-c7nc8ccccc8n7-c7ccccc7)c6)c6ccccc56)ccc4c3)c3ccccc23)cc1. The van der Waals surface area contributed by atoms with Gasteiger partial charge in [0.05, 0.1) is 11.0 Å². The lowest BCUT2D eigenvalue weighted by Gasteiger charge is -2.19. The van der Waals surface area contributed by atoms with Gasteiger partial charge in [0, 0.05) is 11.3 Å². The molecule has 0 bridgehead atoms. The molecule has 302 valence electrons. The molecule has 0 saturated carbocycles. The van der Waals surface area contributed by atoms with Gasteiger partial charge in [-0.1, -0.05) is 200 Å². The van der Waals surface area contributed by atoms with E-state index >= 15 is 0 Å². The van der Waals surface area contributed by atoms with Crippen molar-refractivity contribution in [1.29, 1.82) is 0 Å². The van der Waals surface area contributed by atoms with Crippen LogP contribution in [0.25, 0.3) is 126 Å². The first-order chi connectivity index (χ1) is 32.3. The summed E-state index contributed by atoms with van der Waals surface area (Å²) in [6, 6.07) is 88.4. The van der Waals surface area contributed by atoms with Crippen LogP contribution in [0.2, 0.25) is 0 Å². The van der Waals surface area contributed by atoms with Crippen molar-refractivity contribution in [2.45, 2.75) is 0 Å². The first kappa shape index (κ1) is 37.0. The number of imidazole rings is 1. The van der Waals surface area contributed by atoms with Gasteiger partial charge in [-0.05, 0) is 141 Å². The lowest BCUT2D eigenvalue weighted by Crippen LogP contribution is -1.97. The third-order valence-electron chi connectivity index (χ3n) is 13.3. The van der Waals surface area contributed by atoms with Gasteiger partial charge in [-0.15, -0.1) is 0 Å². The van der Waals surface area contributed by atoms with Crippen molar-refractivity contribution >= 4 is 64.9 Å². The summed E-state index contributed by atoms with van der Waals surface area (Å²) < 4.78 is 2.28. The van der Waals surface area contributed by atoms with Crippen molar-refractivity contribution in [3.8, 4) is 61.6 Å². The van der Waals surface area contributed by atoms with E-state index in [1.165, 1.54) is 92.8 Å². The summed E-state index contributed by atoms with van der Waals surface area (Å²) >= 11 is 0. The van der Waals surface area contributed by atoms with Gasteiger partial charge in [0.25, 0.3) is 0 Å². The van der Waals surface area contributed by atoms with E-state index in [1.807, 2.05) is 0 Å². The number of hydrogen-bond acceptors (Lipinski definition) is 1. The van der Waals surface area contributed by atoms with E-state index < -0.39 is 0 Å². The van der Waals surface area contributed by atoms with Gasteiger partial charge in [0.15, 0.2) is 0 Å². The average molecular weight is 825 g/mol. The molecular formula is C63H40N2. The maximum absolute atomic E-state index is 5.22. The number of para-hydroxylation sites is 3. The largest absolute Gasteiger partial charge is 0.292 e. The van der Waals surface area contributed by atoms with Crippen molar-refractivity contribution in [2.24, 2.45) is 0 Å². The number of benzene rings is 12. The fourth-order valence-corrected chi connectivity index (χ4v) is 10.5. The van der Waals surface area contributed by atoms with Crippen molar-refractivity contribution in [3.63, 3.8) is 0 Å². The van der Waals surface area contributed by atoms with Crippen LogP contribution in [0.5, 0.6) is 0 Å². The third-order valence-corrected chi connectivity index (χ3v) is 13.3. The lowest BCUT2D eigenvalue weighted by molar-refractivity contribution is 1.10. The molecule has 0 saturated heterocycles. The van der Waals surface area contributed by atoms with Crippen LogP contribution < -0.4 is 0 Å². The topological polar surface area (TPSA) is 17.8 Å². The highest BCUT2D eigenvalue weighted by Gasteiger charge is 2.21. The monoisotopic (exact) mass is 824 g/mol. The molecule has 13 rings (SSSR count). The van der Waals surface area contributed by atoms with E-state index in [9.17, 15) is 0 Å². The molecule has 0 N–H and O–H groups in total. The normalized spacial score (nSPS) is 11.7. The van der Waals surface area contributed by atoms with Crippen LogP contribution in [0.4, 0.5) is 0 Å². The molecule has 0 atom stereocenters. The molecule has 65 heavy (non-hydrogen) atoms. The lowest BCUT2D eigenvalue weighted by atomic mass is 9.84. The summed E-state index contributed by atoms with van der Waals surface area (Å²) in [5.74, 6) is 0.925. The van der Waals surface area contributed by atoms with E-state index in [1.54, 1.807) is 0 Å². The second kappa shape index (κ2) is 15.0. The van der Waals surface area contributed by atoms with Gasteiger partial charge in [-0.2, -0.15) is 0 Å². The fraction of sp³-hybridized carbons (Fsp3) is 0. The molecule has 1 aromatic heterocycles. The third kappa shape index (κ3) is 5.99. The minimum absolute atomic E-state index is 0.925. The standard InChI is InChI=1S/C63H40N2/c1-3-18-41(19-4-1)59-49-24-7-9-26-51(49)61(52-27-10-8-25-50(52)59)45-36-34-43-39-46(37-35-42(43)38-45)62-55-30-13-11-28-53(55)60(54-29-12-14-31-56(54)62)44-20-17-21-47(40-44)63-64-57-32-15-16-33-58(57)65(63)48-22-5-2-6-23-48/h1-40H. The highest BCUT2D eigenvalue weighted by atomic mass is 15.1. The zero-order chi connectivity index (χ0) is 42.8. The van der Waals surface area contributed by atoms with Crippen LogP contribution >= 0.6 is 0 Å². The molecule has 1 heterocycles. The molecule has 0 amide bonds. The van der Waals surface area contributed by atoms with E-state index in [4.69, 9.17) is 4.98 Å². The van der Waals surface area contributed by atoms with Crippen LogP contribution in [-0.4, -0.2) is 9.55 Å². The summed E-state index contributed by atoms with van der Waals surface area (Å²) in [5, 5.41) is 12.4. The van der Waals surface area contributed by atoms with Crippen LogP contribution in [0, 0.1) is 0 Å². The quantitative estimate of drug-likeness (QED) is 0.153. The van der Waals surface area contributed by atoms with Gasteiger partial charge >= 0.3 is 0 Å². The Hall–Kier alpha value is -8.59. The van der Waals surface area contributed by atoms with E-state index in [0.717, 1.165) is 33.7 Å². The highest BCUT2D eigenvalue weighted by molar-refractivity contribution is 6.23. The molecule has 0 aliphatic carbocycles. The summed E-state index contributed by atoms with van der Waals surface area (Å²) in [4.78, 5) is 5.22. The molecule has 0 aliphatic rings. The van der Waals surface area contributed by atoms with Crippen molar-refractivity contribution in [1.82, 2.24) is 9.55 Å². The Balaban J connectivity index is 0.964. The zero-order valence-corrected chi connectivity index (χ0v) is 35.5. The molecule has 0 aliphatic heterocycles. The number of fused-ring (bicyclic) bond motifs is 6. The number of hydrogen-bond donors (Lipinski definition) is 0. The maximum Gasteiger partial charge on any atom is 0.145 e. The Bertz CT molecular complexity index is 3880. The van der Waals surface area contributed by atoms with Crippen molar-refractivity contribution in [2.75, 3.05) is 0 Å². The Labute approximate surface area is 377 Å². The van der Waals surface area contributed by atoms with E-state index in [0.29, 0.717) is 0 Å². The smallest absolute Gasteiger partial charge is 0.145 e. The number of aromatic nitrogens is 2. The van der Waals surface area contributed by atoms with Gasteiger partial charge in [-0.25, -0.2) is 4.98 Å². The predicted octanol–water partition coefficient (Wildman–Crippen LogP) is 17.1. The first-order valence-corrected chi connectivity index (χ1v) is 22.4. The molecule has 0 unspecified atom stereocenters. The molecule has 2 nitrogen and oxygen atoms in total. The highest BCUT2D eigenvalue weighted by Crippen LogP contribution is 2.47. The van der Waals surface area contributed by atoms with Gasteiger partial charge in [0.1, 0.15) is 5.82 Å². The van der Waals surface area contributed by atoms with Crippen LogP contribution in [0.15, 0.2) is 243 Å². The minimum atomic E-state index is 0.925. The Morgan fingerprint density at radius 3 is 1.12 bits per heavy atom. The summed E-state index contributed by atoms with van der Waals surface area (Å²) in [6.45, 7) is 0. The molecule has 0 spiro atoms. The molecular weight excluding hydrogens is 785 g/mol. The minimum Gasteiger partial charge on any atom is -0.292 e. The Morgan fingerprint density at radius 1 is 0.262 bits per heavy atom. The number of nitrogens with zero attached hydrogens (tertiary/aromatic N) is 2. The zero-order valence-electron chi connectivity index (χ0n) is 35.5. The summed E-state index contributed by atoms with van der Waals surface area (Å²) in [7, 11) is 0. The second-order valence-electron chi connectivity index (χ2n) is 17.0. The van der Waals surface area contributed by atoms with Crippen molar-refractivity contribution < 1.29 is 0 Å². The second-order valence-corrected chi connectivity index (χ2v) is 17.0. The van der Waals surface area contributed by atoms with Crippen LogP contribution in [0.3, 0.4) is 0 Å². The Morgan fingerprint density at radius 2 is 0.631 bits per heavy atom. The van der Waals surface area contributed by atoms with E-state index in [2.05, 4.69) is 247 Å².